The van der Waals surface area contributed by atoms with Crippen LogP contribution < -0.4 is 10.6 Å². The number of aromatic nitrogens is 2. The van der Waals surface area contributed by atoms with E-state index in [1.54, 1.807) is 0 Å². The van der Waals surface area contributed by atoms with Crippen LogP contribution in [0, 0.1) is 0 Å². The Morgan fingerprint density at radius 3 is 3.16 bits per heavy atom. The number of carbonyl (C=O) groups excluding carboxylic acids is 1. The van der Waals surface area contributed by atoms with Gasteiger partial charge in [0.05, 0.1) is 24.3 Å². The van der Waals surface area contributed by atoms with E-state index >= 15 is 0 Å². The van der Waals surface area contributed by atoms with Gasteiger partial charge in [-0.05, 0) is 6.07 Å². The standard InChI is InChI=1S/C12H14N4O2S/c1-18-12(17)11-8(13)6-10(19-11)16-5-4-15-3-2-14-9(15)7-16/h2-3,6H,4-5,7,13H2,1H3. The Morgan fingerprint density at radius 2 is 2.37 bits per heavy atom. The first kappa shape index (κ1) is 12.0. The van der Waals surface area contributed by atoms with Gasteiger partial charge in [-0.2, -0.15) is 0 Å². The summed E-state index contributed by atoms with van der Waals surface area (Å²) in [4.78, 5) is 18.5. The molecule has 1 aliphatic rings. The number of ether oxygens (including phenoxy) is 1. The molecule has 1 aliphatic heterocycles. The summed E-state index contributed by atoms with van der Waals surface area (Å²) in [6.07, 6.45) is 3.79. The van der Waals surface area contributed by atoms with Gasteiger partial charge in [0.15, 0.2) is 0 Å². The molecular weight excluding hydrogens is 264 g/mol. The average molecular weight is 278 g/mol. The van der Waals surface area contributed by atoms with Crippen LogP contribution in [-0.2, 0) is 17.8 Å². The van der Waals surface area contributed by atoms with Gasteiger partial charge in [0.25, 0.3) is 0 Å². The van der Waals surface area contributed by atoms with Crippen molar-refractivity contribution in [2.75, 3.05) is 24.3 Å². The summed E-state index contributed by atoms with van der Waals surface area (Å²) in [5.41, 5.74) is 6.33. The average Bonchev–Trinajstić information content (AvgIpc) is 3.03. The fourth-order valence-corrected chi connectivity index (χ4v) is 3.18. The second kappa shape index (κ2) is 4.58. The molecule has 0 radical (unpaired) electrons. The number of fused-ring (bicyclic) bond motifs is 1. The van der Waals surface area contributed by atoms with Crippen molar-refractivity contribution in [3.05, 3.63) is 29.2 Å². The van der Waals surface area contributed by atoms with E-state index in [0.29, 0.717) is 10.6 Å². The summed E-state index contributed by atoms with van der Waals surface area (Å²) in [6, 6.07) is 1.83. The second-order valence-corrected chi connectivity index (χ2v) is 5.35. The van der Waals surface area contributed by atoms with Gasteiger partial charge in [-0.15, -0.1) is 11.3 Å². The fourth-order valence-electron chi connectivity index (χ4n) is 2.16. The molecule has 2 aromatic rings. The highest BCUT2D eigenvalue weighted by molar-refractivity contribution is 7.18. The highest BCUT2D eigenvalue weighted by atomic mass is 32.1. The van der Waals surface area contributed by atoms with Crippen LogP contribution in [0.3, 0.4) is 0 Å². The molecule has 100 valence electrons. The summed E-state index contributed by atoms with van der Waals surface area (Å²) in [5.74, 6) is 0.644. The number of methoxy groups -OCH3 is 1. The van der Waals surface area contributed by atoms with Crippen LogP contribution in [-0.4, -0.2) is 29.2 Å². The van der Waals surface area contributed by atoms with E-state index in [2.05, 4.69) is 14.5 Å². The molecule has 6 nitrogen and oxygen atoms in total. The number of nitrogens with two attached hydrogens (primary N) is 1. The summed E-state index contributed by atoms with van der Waals surface area (Å²) >= 11 is 1.37. The van der Waals surface area contributed by atoms with Crippen LogP contribution >= 0.6 is 11.3 Å². The van der Waals surface area contributed by atoms with Gasteiger partial charge < -0.3 is 19.9 Å². The number of esters is 1. The van der Waals surface area contributed by atoms with E-state index < -0.39 is 0 Å². The lowest BCUT2D eigenvalue weighted by Crippen LogP contribution is -2.32. The Labute approximate surface area is 114 Å². The number of anilines is 2. The van der Waals surface area contributed by atoms with Gasteiger partial charge in [0.1, 0.15) is 10.7 Å². The van der Waals surface area contributed by atoms with Crippen LogP contribution in [0.2, 0.25) is 0 Å². The third kappa shape index (κ3) is 2.06. The van der Waals surface area contributed by atoms with E-state index in [-0.39, 0.29) is 5.97 Å². The van der Waals surface area contributed by atoms with Crippen molar-refractivity contribution < 1.29 is 9.53 Å². The van der Waals surface area contributed by atoms with E-state index in [1.165, 1.54) is 18.4 Å². The Kier molecular flexibility index (Phi) is 2.90. The Hall–Kier alpha value is -2.02. The van der Waals surface area contributed by atoms with E-state index in [0.717, 1.165) is 30.5 Å². The summed E-state index contributed by atoms with van der Waals surface area (Å²) < 4.78 is 6.85. The van der Waals surface area contributed by atoms with Crippen LogP contribution in [0.25, 0.3) is 0 Å². The van der Waals surface area contributed by atoms with Gasteiger partial charge in [-0.25, -0.2) is 9.78 Å². The van der Waals surface area contributed by atoms with Gasteiger partial charge in [-0.1, -0.05) is 0 Å². The number of thiophene rings is 1. The first-order valence-corrected chi connectivity index (χ1v) is 6.73. The zero-order valence-electron chi connectivity index (χ0n) is 10.5. The number of carbonyl (C=O) groups is 1. The second-order valence-electron chi connectivity index (χ2n) is 4.32. The highest BCUT2D eigenvalue weighted by Crippen LogP contribution is 2.34. The van der Waals surface area contributed by atoms with Crippen molar-refractivity contribution >= 4 is 28.0 Å². The highest BCUT2D eigenvalue weighted by Gasteiger charge is 2.22. The molecule has 2 N–H and O–H groups in total. The number of rotatable bonds is 2. The third-order valence-corrected chi connectivity index (χ3v) is 4.37. The van der Waals surface area contributed by atoms with E-state index in [1.807, 2.05) is 18.5 Å². The number of nitrogens with zero attached hydrogens (tertiary/aromatic N) is 3. The van der Waals surface area contributed by atoms with Gasteiger partial charge in [0, 0.05) is 25.5 Å². The van der Waals surface area contributed by atoms with Crippen LogP contribution in [0.1, 0.15) is 15.5 Å². The predicted octanol–water partition coefficient (Wildman–Crippen LogP) is 1.33. The quantitative estimate of drug-likeness (QED) is 0.839. The number of hydrogen-bond donors (Lipinski definition) is 1. The van der Waals surface area contributed by atoms with Crippen molar-refractivity contribution in [2.24, 2.45) is 0 Å². The maximum Gasteiger partial charge on any atom is 0.350 e. The van der Waals surface area contributed by atoms with Gasteiger partial charge in [-0.3, -0.25) is 0 Å². The zero-order chi connectivity index (χ0) is 13.4. The molecule has 0 unspecified atom stereocenters. The molecule has 19 heavy (non-hydrogen) atoms. The van der Waals surface area contributed by atoms with E-state index in [4.69, 9.17) is 10.5 Å². The van der Waals surface area contributed by atoms with Crippen molar-refractivity contribution in [3.8, 4) is 0 Å². The SMILES string of the molecule is COC(=O)c1sc(N2CCn3ccnc3C2)cc1N. The largest absolute Gasteiger partial charge is 0.465 e. The zero-order valence-corrected chi connectivity index (χ0v) is 11.3. The smallest absolute Gasteiger partial charge is 0.350 e. The summed E-state index contributed by atoms with van der Waals surface area (Å²) in [5, 5.41) is 0.979. The molecule has 0 saturated heterocycles. The summed E-state index contributed by atoms with van der Waals surface area (Å²) in [7, 11) is 1.36. The molecule has 0 aromatic carbocycles. The van der Waals surface area contributed by atoms with Crippen LogP contribution in [0.15, 0.2) is 18.5 Å². The lowest BCUT2D eigenvalue weighted by molar-refractivity contribution is 0.0607. The Balaban J connectivity index is 1.86. The van der Waals surface area contributed by atoms with Gasteiger partial charge in [0.2, 0.25) is 0 Å². The van der Waals surface area contributed by atoms with Crippen molar-refractivity contribution in [1.29, 1.82) is 0 Å². The Morgan fingerprint density at radius 1 is 1.53 bits per heavy atom. The Bertz CT molecular complexity index is 619. The summed E-state index contributed by atoms with van der Waals surface area (Å²) in [6.45, 7) is 2.50. The molecule has 2 aromatic heterocycles. The lowest BCUT2D eigenvalue weighted by Gasteiger charge is -2.28. The maximum absolute atomic E-state index is 11.6. The third-order valence-electron chi connectivity index (χ3n) is 3.18. The molecule has 0 spiro atoms. The minimum Gasteiger partial charge on any atom is -0.465 e. The van der Waals surface area contributed by atoms with Crippen molar-refractivity contribution in [3.63, 3.8) is 0 Å². The topological polar surface area (TPSA) is 73.4 Å². The van der Waals surface area contributed by atoms with E-state index in [9.17, 15) is 4.79 Å². The van der Waals surface area contributed by atoms with Crippen molar-refractivity contribution in [1.82, 2.24) is 9.55 Å². The number of imidazole rings is 1. The first-order valence-electron chi connectivity index (χ1n) is 5.91. The van der Waals surface area contributed by atoms with Crippen molar-refractivity contribution in [2.45, 2.75) is 13.1 Å². The minimum absolute atomic E-state index is 0.382. The normalized spacial score (nSPS) is 14.3. The molecule has 3 heterocycles. The molecule has 0 amide bonds. The minimum atomic E-state index is -0.382. The molecule has 3 rings (SSSR count). The van der Waals surface area contributed by atoms with Gasteiger partial charge >= 0.3 is 5.97 Å². The molecule has 0 fully saturated rings. The molecular formula is C12H14N4O2S. The maximum atomic E-state index is 11.6. The molecule has 7 heteroatoms. The number of hydrogen-bond acceptors (Lipinski definition) is 6. The fraction of sp³-hybridized carbons (Fsp3) is 0.333. The molecule has 0 saturated carbocycles. The van der Waals surface area contributed by atoms with Crippen LogP contribution in [0.4, 0.5) is 10.7 Å². The molecule has 0 atom stereocenters. The first-order chi connectivity index (χ1) is 9.19. The lowest BCUT2D eigenvalue weighted by atomic mass is 10.3. The molecule has 0 aliphatic carbocycles. The van der Waals surface area contributed by atoms with Crippen LogP contribution in [0.5, 0.6) is 0 Å². The number of nitrogen functional groups attached to an aromatic ring is 1. The predicted molar refractivity (Wildman–Crippen MR) is 73.3 cm³/mol. The molecule has 0 bridgehead atoms. The monoisotopic (exact) mass is 278 g/mol.